The lowest BCUT2D eigenvalue weighted by molar-refractivity contribution is -0.0293. The summed E-state index contributed by atoms with van der Waals surface area (Å²) >= 11 is 0. The van der Waals surface area contributed by atoms with E-state index in [4.69, 9.17) is 0 Å². The van der Waals surface area contributed by atoms with Crippen molar-refractivity contribution in [1.82, 2.24) is 9.80 Å². The van der Waals surface area contributed by atoms with Crippen LogP contribution in [0.5, 0.6) is 0 Å². The van der Waals surface area contributed by atoms with Crippen molar-refractivity contribution in [2.75, 3.05) is 13.1 Å². The molecule has 0 aliphatic carbocycles. The maximum absolute atomic E-state index is 2.69. The molecule has 0 aromatic carbocycles. The minimum atomic E-state index is 0.364. The number of hydrogen-bond donors (Lipinski definition) is 0. The van der Waals surface area contributed by atoms with Gasteiger partial charge in [-0.3, -0.25) is 9.80 Å². The molecule has 0 spiro atoms. The summed E-state index contributed by atoms with van der Waals surface area (Å²) in [5, 5.41) is 0. The number of nitrogens with zero attached hydrogens (tertiary/aromatic N) is 2. The van der Waals surface area contributed by atoms with Crippen LogP contribution in [0.2, 0.25) is 0 Å². The molecule has 2 aliphatic rings. The van der Waals surface area contributed by atoms with E-state index < -0.39 is 0 Å². The Kier molecular flexibility index (Phi) is 2.39. The molecule has 2 atom stereocenters. The molecule has 2 heteroatoms. The molecule has 2 nitrogen and oxygen atoms in total. The van der Waals surface area contributed by atoms with Gasteiger partial charge >= 0.3 is 0 Å². The number of rotatable bonds is 1. The maximum Gasteiger partial charge on any atom is 0.0384 e. The zero-order valence-corrected chi connectivity index (χ0v) is 10.2. The Morgan fingerprint density at radius 1 is 1.14 bits per heavy atom. The highest BCUT2D eigenvalue weighted by molar-refractivity contribution is 5.07. The van der Waals surface area contributed by atoms with Gasteiger partial charge in [-0.1, -0.05) is 0 Å². The van der Waals surface area contributed by atoms with Gasteiger partial charge in [0.2, 0.25) is 0 Å². The fourth-order valence-corrected chi connectivity index (χ4v) is 3.08. The van der Waals surface area contributed by atoms with Crippen LogP contribution >= 0.6 is 0 Å². The largest absolute Gasteiger partial charge is 0.295 e. The molecule has 0 saturated carbocycles. The van der Waals surface area contributed by atoms with Crippen LogP contribution in [0.3, 0.4) is 0 Å². The Balaban J connectivity index is 2.00. The van der Waals surface area contributed by atoms with E-state index in [0.29, 0.717) is 5.54 Å². The van der Waals surface area contributed by atoms with Gasteiger partial charge in [0.15, 0.2) is 0 Å². The Bertz CT molecular complexity index is 217. The molecule has 0 aromatic rings. The maximum atomic E-state index is 2.69. The van der Waals surface area contributed by atoms with Gasteiger partial charge in [0.1, 0.15) is 0 Å². The topological polar surface area (TPSA) is 6.48 Å². The molecule has 2 saturated heterocycles. The van der Waals surface area contributed by atoms with Crippen molar-refractivity contribution in [1.29, 1.82) is 0 Å². The molecule has 0 radical (unpaired) electrons. The van der Waals surface area contributed by atoms with Crippen molar-refractivity contribution in [3.63, 3.8) is 0 Å². The molecule has 0 amide bonds. The summed E-state index contributed by atoms with van der Waals surface area (Å²) in [6.45, 7) is 14.2. The summed E-state index contributed by atoms with van der Waals surface area (Å²) in [5.41, 5.74) is 0.364. The summed E-state index contributed by atoms with van der Waals surface area (Å²) < 4.78 is 0. The van der Waals surface area contributed by atoms with E-state index in [1.54, 1.807) is 0 Å². The second-order valence-corrected chi connectivity index (χ2v) is 6.08. The average Bonchev–Trinajstić information content (AvgIpc) is 2.25. The van der Waals surface area contributed by atoms with Crippen LogP contribution in [-0.4, -0.2) is 46.6 Å². The van der Waals surface area contributed by atoms with Crippen molar-refractivity contribution in [3.05, 3.63) is 0 Å². The second-order valence-electron chi connectivity index (χ2n) is 6.08. The molecule has 82 valence electrons. The third-order valence-electron chi connectivity index (χ3n) is 3.86. The summed E-state index contributed by atoms with van der Waals surface area (Å²) in [5.74, 6) is 0. The molecule has 0 aromatic heterocycles. The van der Waals surface area contributed by atoms with Crippen LogP contribution in [0.25, 0.3) is 0 Å². The van der Waals surface area contributed by atoms with Crippen LogP contribution in [0.4, 0.5) is 0 Å². The van der Waals surface area contributed by atoms with Gasteiger partial charge in [0, 0.05) is 36.8 Å². The van der Waals surface area contributed by atoms with Crippen molar-refractivity contribution in [2.45, 2.75) is 64.7 Å². The molecule has 2 heterocycles. The molecule has 2 fully saturated rings. The first-order chi connectivity index (χ1) is 6.41. The van der Waals surface area contributed by atoms with Gasteiger partial charge in [-0.25, -0.2) is 0 Å². The van der Waals surface area contributed by atoms with Gasteiger partial charge in [0.05, 0.1) is 0 Å². The predicted molar refractivity (Wildman–Crippen MR) is 60.5 cm³/mol. The number of hydrogen-bond acceptors (Lipinski definition) is 2. The smallest absolute Gasteiger partial charge is 0.0384 e. The first-order valence-corrected chi connectivity index (χ1v) is 5.94. The lowest BCUT2D eigenvalue weighted by Crippen LogP contribution is -2.66. The summed E-state index contributed by atoms with van der Waals surface area (Å²) in [7, 11) is 0. The molecular formula is C12H24N2. The molecule has 0 N–H and O–H groups in total. The van der Waals surface area contributed by atoms with Crippen molar-refractivity contribution in [3.8, 4) is 0 Å². The van der Waals surface area contributed by atoms with Crippen LogP contribution in [0, 0.1) is 0 Å². The minimum absolute atomic E-state index is 0.364. The summed E-state index contributed by atoms with van der Waals surface area (Å²) in [6, 6.07) is 2.43. The van der Waals surface area contributed by atoms with E-state index >= 15 is 0 Å². The second kappa shape index (κ2) is 3.21. The zero-order valence-electron chi connectivity index (χ0n) is 10.2. The molecular weight excluding hydrogens is 172 g/mol. The normalized spacial score (nSPS) is 34.7. The van der Waals surface area contributed by atoms with Crippen LogP contribution in [-0.2, 0) is 0 Å². The molecule has 0 bridgehead atoms. The minimum Gasteiger partial charge on any atom is -0.295 e. The van der Waals surface area contributed by atoms with Gasteiger partial charge in [-0.2, -0.15) is 0 Å². The van der Waals surface area contributed by atoms with Crippen molar-refractivity contribution >= 4 is 0 Å². The van der Waals surface area contributed by atoms with Crippen LogP contribution < -0.4 is 0 Å². The first-order valence-electron chi connectivity index (χ1n) is 5.94. The van der Waals surface area contributed by atoms with E-state index in [1.165, 1.54) is 19.5 Å². The van der Waals surface area contributed by atoms with E-state index in [-0.39, 0.29) is 0 Å². The van der Waals surface area contributed by atoms with E-state index in [9.17, 15) is 0 Å². The Labute approximate surface area is 88.3 Å². The predicted octanol–water partition coefficient (Wildman–Crippen LogP) is 1.95. The van der Waals surface area contributed by atoms with E-state index in [0.717, 1.165) is 18.1 Å². The highest BCUT2D eigenvalue weighted by atomic mass is 15.4. The summed E-state index contributed by atoms with van der Waals surface area (Å²) in [6.07, 6.45) is 1.38. The average molecular weight is 196 g/mol. The molecule has 14 heavy (non-hydrogen) atoms. The van der Waals surface area contributed by atoms with E-state index in [1.807, 2.05) is 0 Å². The van der Waals surface area contributed by atoms with E-state index in [2.05, 4.69) is 44.4 Å². The van der Waals surface area contributed by atoms with Crippen molar-refractivity contribution in [2.24, 2.45) is 0 Å². The summed E-state index contributed by atoms with van der Waals surface area (Å²) in [4.78, 5) is 5.34. The van der Waals surface area contributed by atoms with Crippen molar-refractivity contribution < 1.29 is 0 Å². The third-order valence-corrected chi connectivity index (χ3v) is 3.86. The lowest BCUT2D eigenvalue weighted by Gasteiger charge is -2.52. The number of likely N-dealkylation sites (tertiary alicyclic amines) is 2. The van der Waals surface area contributed by atoms with Gasteiger partial charge < -0.3 is 0 Å². The Morgan fingerprint density at radius 2 is 1.79 bits per heavy atom. The highest BCUT2D eigenvalue weighted by Crippen LogP contribution is 2.37. The molecule has 2 unspecified atom stereocenters. The fourth-order valence-electron chi connectivity index (χ4n) is 3.08. The fraction of sp³-hybridized carbons (Fsp3) is 1.00. The Morgan fingerprint density at radius 3 is 2.29 bits per heavy atom. The van der Waals surface area contributed by atoms with Gasteiger partial charge in [0.25, 0.3) is 0 Å². The monoisotopic (exact) mass is 196 g/mol. The molecule has 2 rings (SSSR count). The quantitative estimate of drug-likeness (QED) is 0.632. The highest BCUT2D eigenvalue weighted by Gasteiger charge is 2.50. The zero-order chi connectivity index (χ0) is 10.5. The van der Waals surface area contributed by atoms with Crippen LogP contribution in [0.15, 0.2) is 0 Å². The molecule has 2 aliphatic heterocycles. The first kappa shape index (κ1) is 10.4. The number of fused-ring (bicyclic) bond motifs is 1. The standard InChI is InChI=1S/C12H24N2/c1-9(2)13-8-11-10(13)6-7-14(11)12(3,4)5/h9-11H,6-8H2,1-5H3. The third kappa shape index (κ3) is 1.49. The van der Waals surface area contributed by atoms with Gasteiger partial charge in [-0.05, 0) is 41.0 Å². The lowest BCUT2D eigenvalue weighted by atomic mass is 9.93. The Hall–Kier alpha value is -0.0800. The van der Waals surface area contributed by atoms with Gasteiger partial charge in [-0.15, -0.1) is 0 Å². The SMILES string of the molecule is CC(C)N1CC2C1CCN2C(C)(C)C. The van der Waals surface area contributed by atoms with Crippen LogP contribution in [0.1, 0.15) is 41.0 Å².